The fourth-order valence-electron chi connectivity index (χ4n) is 3.36. The number of phenolic OH excluding ortho intramolecular Hbond substituents is 1. The lowest BCUT2D eigenvalue weighted by molar-refractivity contribution is 0.297. The number of nitrogens with one attached hydrogen (secondary N) is 1. The summed E-state index contributed by atoms with van der Waals surface area (Å²) in [4.78, 5) is 9.08. The zero-order valence-corrected chi connectivity index (χ0v) is 14.9. The van der Waals surface area contributed by atoms with Gasteiger partial charge in [0.2, 0.25) is 5.95 Å². The maximum absolute atomic E-state index is 10.4. The molecule has 0 aliphatic carbocycles. The lowest BCUT2D eigenvalue weighted by Gasteiger charge is -2.24. The van der Waals surface area contributed by atoms with Crippen molar-refractivity contribution in [3.63, 3.8) is 0 Å². The maximum Gasteiger partial charge on any atom is 0.212 e. The van der Waals surface area contributed by atoms with Crippen LogP contribution in [-0.2, 0) is 0 Å². The Morgan fingerprint density at radius 1 is 1.19 bits per heavy atom. The van der Waals surface area contributed by atoms with Crippen molar-refractivity contribution in [2.24, 2.45) is 10.7 Å². The van der Waals surface area contributed by atoms with Gasteiger partial charge in [-0.05, 0) is 18.2 Å². The minimum atomic E-state index is -0.616. The van der Waals surface area contributed by atoms with Crippen molar-refractivity contribution >= 4 is 34.5 Å². The van der Waals surface area contributed by atoms with Crippen LogP contribution in [0.15, 0.2) is 35.3 Å². The average molecular weight is 386 g/mol. The third-order valence-electron chi connectivity index (χ3n) is 4.57. The molecular formula is C18H16ClN5O3. The molecule has 1 aromatic heterocycles. The number of aliphatic imine (C=N–C) groups is 1. The molecule has 0 saturated carbocycles. The molecular weight excluding hydrogens is 370 g/mol. The fourth-order valence-corrected chi connectivity index (χ4v) is 3.55. The third-order valence-corrected chi connectivity index (χ3v) is 4.81. The molecule has 4 N–H and O–H groups in total. The van der Waals surface area contributed by atoms with Crippen LogP contribution in [0.5, 0.6) is 17.2 Å². The number of ether oxygens (including phenoxy) is 2. The van der Waals surface area contributed by atoms with Crippen LogP contribution in [-0.4, -0.2) is 33.8 Å². The number of anilines is 1. The average Bonchev–Trinajstić information content (AvgIpc) is 2.82. The summed E-state index contributed by atoms with van der Waals surface area (Å²) in [5.41, 5.74) is 7.97. The molecule has 3 heterocycles. The number of nitrogens with zero attached hydrogens (tertiary/aromatic N) is 3. The number of benzene rings is 2. The van der Waals surface area contributed by atoms with Crippen molar-refractivity contribution in [3.8, 4) is 17.2 Å². The zero-order chi connectivity index (χ0) is 18.5. The normalized spacial score (nSPS) is 18.4. The van der Waals surface area contributed by atoms with Crippen molar-refractivity contribution in [1.82, 2.24) is 9.55 Å². The van der Waals surface area contributed by atoms with Crippen LogP contribution in [0.1, 0.15) is 18.2 Å². The van der Waals surface area contributed by atoms with Gasteiger partial charge in [0.25, 0.3) is 0 Å². The predicted molar refractivity (Wildman–Crippen MR) is 102 cm³/mol. The number of fused-ring (bicyclic) bond motifs is 4. The van der Waals surface area contributed by atoms with Gasteiger partial charge in [-0.15, -0.1) is 0 Å². The molecule has 27 heavy (non-hydrogen) atoms. The minimum absolute atomic E-state index is 0.0741. The number of hydrogen-bond acceptors (Lipinski definition) is 7. The second-order valence-corrected chi connectivity index (χ2v) is 6.80. The smallest absolute Gasteiger partial charge is 0.212 e. The number of rotatable bonds is 1. The van der Waals surface area contributed by atoms with Crippen LogP contribution in [0.25, 0.3) is 11.0 Å². The number of guanidine groups is 1. The largest absolute Gasteiger partial charge is 0.508 e. The molecule has 2 aliphatic rings. The molecule has 1 atom stereocenters. The molecule has 5 rings (SSSR count). The summed E-state index contributed by atoms with van der Waals surface area (Å²) in [6.07, 6.45) is 0.202. The highest BCUT2D eigenvalue weighted by Gasteiger charge is 2.28. The summed E-state index contributed by atoms with van der Waals surface area (Å²) in [5, 5.41) is 13.8. The molecule has 0 spiro atoms. The topological polar surface area (TPSA) is 107 Å². The minimum Gasteiger partial charge on any atom is -0.508 e. The van der Waals surface area contributed by atoms with Crippen molar-refractivity contribution in [2.75, 3.05) is 18.5 Å². The summed E-state index contributed by atoms with van der Waals surface area (Å²) < 4.78 is 13.4. The Labute approximate surface area is 159 Å². The highest BCUT2D eigenvalue weighted by atomic mass is 35.5. The first-order valence-electron chi connectivity index (χ1n) is 8.50. The number of aromatic hydroxyl groups is 1. The Morgan fingerprint density at radius 2 is 1.96 bits per heavy atom. The van der Waals surface area contributed by atoms with Crippen LogP contribution in [0.2, 0.25) is 5.02 Å². The van der Waals surface area contributed by atoms with Gasteiger partial charge in [-0.25, -0.2) is 9.98 Å². The van der Waals surface area contributed by atoms with Crippen LogP contribution in [0.4, 0.5) is 5.95 Å². The first kappa shape index (κ1) is 16.1. The number of halogens is 1. The monoisotopic (exact) mass is 385 g/mol. The summed E-state index contributed by atoms with van der Waals surface area (Å²) in [7, 11) is 0. The molecule has 0 bridgehead atoms. The van der Waals surface area contributed by atoms with Crippen molar-refractivity contribution in [1.29, 1.82) is 0 Å². The Hall–Kier alpha value is -3.13. The van der Waals surface area contributed by atoms with E-state index < -0.39 is 6.17 Å². The van der Waals surface area contributed by atoms with Gasteiger partial charge in [0.15, 0.2) is 23.6 Å². The SMILES string of the molecule is NC1=N[C@@H](c2cc(Cl)ccc2O)n2c(nc3cc4c(cc32)OCCCO4)N1. The quantitative estimate of drug-likeness (QED) is 0.594. The molecule has 138 valence electrons. The highest BCUT2D eigenvalue weighted by molar-refractivity contribution is 6.30. The standard InChI is InChI=1S/C18H16ClN5O3/c19-9-2-3-13(25)10(6-9)16-22-17(20)23-18-21-11-7-14-15(8-12(11)24(16)18)27-5-1-4-26-14/h2-3,6-8,16,25H,1,4-5H2,(H3,20,21,22,23)/t16-/m1/s1. The fraction of sp³-hybridized carbons (Fsp3) is 0.222. The van der Waals surface area contributed by atoms with Gasteiger partial charge in [-0.3, -0.25) is 9.88 Å². The Balaban J connectivity index is 1.74. The van der Waals surface area contributed by atoms with Crippen LogP contribution < -0.4 is 20.5 Å². The molecule has 0 radical (unpaired) electrons. The van der Waals surface area contributed by atoms with Crippen molar-refractivity contribution < 1.29 is 14.6 Å². The van der Waals surface area contributed by atoms with Gasteiger partial charge < -0.3 is 20.3 Å². The van der Waals surface area contributed by atoms with Crippen LogP contribution in [0.3, 0.4) is 0 Å². The molecule has 9 heteroatoms. The maximum atomic E-state index is 10.4. The molecule has 2 aliphatic heterocycles. The van der Waals surface area contributed by atoms with Gasteiger partial charge in [-0.2, -0.15) is 0 Å². The van der Waals surface area contributed by atoms with Gasteiger partial charge in [-0.1, -0.05) is 11.6 Å². The number of aromatic nitrogens is 2. The zero-order valence-electron chi connectivity index (χ0n) is 14.1. The number of imidazole rings is 1. The highest BCUT2D eigenvalue weighted by Crippen LogP contribution is 2.40. The Morgan fingerprint density at radius 3 is 2.78 bits per heavy atom. The van der Waals surface area contributed by atoms with E-state index in [0.717, 1.165) is 11.9 Å². The van der Waals surface area contributed by atoms with Crippen LogP contribution >= 0.6 is 11.6 Å². The number of nitrogens with two attached hydrogens (primary N) is 1. The molecule has 3 aromatic rings. The molecule has 0 saturated heterocycles. The van der Waals surface area contributed by atoms with E-state index >= 15 is 0 Å². The molecule has 2 aromatic carbocycles. The molecule has 0 amide bonds. The van der Waals surface area contributed by atoms with E-state index in [4.69, 9.17) is 26.8 Å². The summed E-state index contributed by atoms with van der Waals surface area (Å²) in [5.74, 6) is 2.11. The Bertz CT molecular complexity index is 1090. The first-order valence-corrected chi connectivity index (χ1v) is 8.88. The van der Waals surface area contributed by atoms with E-state index in [0.29, 0.717) is 46.8 Å². The predicted octanol–water partition coefficient (Wildman–Crippen LogP) is 2.84. The van der Waals surface area contributed by atoms with Crippen molar-refractivity contribution in [2.45, 2.75) is 12.6 Å². The molecule has 0 fully saturated rings. The second kappa shape index (κ2) is 5.95. The molecule has 0 unspecified atom stereocenters. The van der Waals surface area contributed by atoms with Gasteiger partial charge in [0.05, 0.1) is 24.2 Å². The lowest BCUT2D eigenvalue weighted by Crippen LogP contribution is -2.31. The number of phenols is 1. The van der Waals surface area contributed by atoms with E-state index in [9.17, 15) is 5.11 Å². The number of hydrogen-bond donors (Lipinski definition) is 3. The van der Waals surface area contributed by atoms with Crippen LogP contribution in [0, 0.1) is 0 Å². The van der Waals surface area contributed by atoms with E-state index in [2.05, 4.69) is 15.3 Å². The summed E-state index contributed by atoms with van der Waals surface area (Å²) in [6, 6.07) is 8.54. The lowest BCUT2D eigenvalue weighted by atomic mass is 10.1. The van der Waals surface area contributed by atoms with Gasteiger partial charge in [0.1, 0.15) is 5.75 Å². The summed E-state index contributed by atoms with van der Waals surface area (Å²) in [6.45, 7) is 1.18. The molecule has 8 nitrogen and oxygen atoms in total. The second-order valence-electron chi connectivity index (χ2n) is 6.36. The van der Waals surface area contributed by atoms with Gasteiger partial charge >= 0.3 is 0 Å². The third kappa shape index (κ3) is 2.60. The summed E-state index contributed by atoms with van der Waals surface area (Å²) >= 11 is 6.14. The first-order chi connectivity index (χ1) is 13.1. The van der Waals surface area contributed by atoms with Gasteiger partial charge in [0, 0.05) is 29.1 Å². The van der Waals surface area contributed by atoms with E-state index in [1.807, 2.05) is 16.7 Å². The van der Waals surface area contributed by atoms with E-state index in [-0.39, 0.29) is 11.7 Å². The van der Waals surface area contributed by atoms with E-state index in [1.165, 1.54) is 6.07 Å². The Kier molecular flexibility index (Phi) is 3.54. The van der Waals surface area contributed by atoms with E-state index in [1.54, 1.807) is 12.1 Å². The van der Waals surface area contributed by atoms with Crippen molar-refractivity contribution in [3.05, 3.63) is 40.9 Å².